The van der Waals surface area contributed by atoms with Gasteiger partial charge in [0.2, 0.25) is 21.8 Å². The predicted molar refractivity (Wildman–Crippen MR) is 135 cm³/mol. The molecule has 2 N–H and O–H groups in total. The van der Waals surface area contributed by atoms with Crippen LogP contribution < -0.4 is 14.9 Å². The third-order valence-electron chi connectivity index (χ3n) is 5.98. The fraction of sp³-hybridized carbons (Fsp3) is 0.269. The maximum atomic E-state index is 13.4. The van der Waals surface area contributed by atoms with Crippen LogP contribution in [-0.4, -0.2) is 37.3 Å². The van der Waals surface area contributed by atoms with Crippen molar-refractivity contribution >= 4 is 33.3 Å². The van der Waals surface area contributed by atoms with Crippen LogP contribution in [0, 0.1) is 6.92 Å². The van der Waals surface area contributed by atoms with E-state index >= 15 is 0 Å². The summed E-state index contributed by atoms with van der Waals surface area (Å²) in [5.74, 6) is -0.245. The Morgan fingerprint density at radius 1 is 1.11 bits per heavy atom. The molecule has 0 unspecified atom stereocenters. The second-order valence-electron chi connectivity index (χ2n) is 8.80. The lowest BCUT2D eigenvalue weighted by Crippen LogP contribution is -2.45. The minimum absolute atomic E-state index is 0.0492. The standard InChI is InChI=1S/C26H28N4O4S/c1-17-11-12-27-25(13-17)28-26(32)23(15-20-7-5-4-6-8-20)29-35(33,34)22-9-10-24-21(16-22)14-18(2)30(24)19(3)31/h4-13,16,18,23,29H,14-15H2,1-3H3,(H,27,28,32)/t18-,23+/m0/s1. The highest BCUT2D eigenvalue weighted by atomic mass is 32.2. The van der Waals surface area contributed by atoms with Crippen molar-refractivity contribution in [1.29, 1.82) is 0 Å². The van der Waals surface area contributed by atoms with Gasteiger partial charge in [0.1, 0.15) is 11.9 Å². The molecular weight excluding hydrogens is 464 g/mol. The largest absolute Gasteiger partial charge is 0.309 e. The van der Waals surface area contributed by atoms with Gasteiger partial charge in [0, 0.05) is 24.8 Å². The van der Waals surface area contributed by atoms with E-state index in [1.54, 1.807) is 29.3 Å². The van der Waals surface area contributed by atoms with Crippen LogP contribution in [-0.2, 0) is 32.5 Å². The molecule has 0 spiro atoms. The lowest BCUT2D eigenvalue weighted by molar-refractivity contribution is -0.118. The Morgan fingerprint density at radius 2 is 1.86 bits per heavy atom. The first-order valence-corrected chi connectivity index (χ1v) is 12.8. The summed E-state index contributed by atoms with van der Waals surface area (Å²) < 4.78 is 29.3. The molecule has 35 heavy (non-hydrogen) atoms. The summed E-state index contributed by atoms with van der Waals surface area (Å²) >= 11 is 0. The van der Waals surface area contributed by atoms with Gasteiger partial charge >= 0.3 is 0 Å². The van der Waals surface area contributed by atoms with Crippen LogP contribution in [0.3, 0.4) is 0 Å². The first-order chi connectivity index (χ1) is 16.6. The molecule has 0 saturated carbocycles. The second-order valence-corrected chi connectivity index (χ2v) is 10.5. The molecule has 182 valence electrons. The fourth-order valence-corrected chi connectivity index (χ4v) is 5.61. The number of fused-ring (bicyclic) bond motifs is 1. The number of pyridine rings is 1. The highest BCUT2D eigenvalue weighted by Crippen LogP contribution is 2.34. The Kier molecular flexibility index (Phi) is 7.00. The number of nitrogens with one attached hydrogen (secondary N) is 2. The number of sulfonamides is 1. The molecular formula is C26H28N4O4S. The van der Waals surface area contributed by atoms with Gasteiger partial charge in [-0.2, -0.15) is 4.72 Å². The van der Waals surface area contributed by atoms with E-state index in [4.69, 9.17) is 0 Å². The average molecular weight is 493 g/mol. The highest BCUT2D eigenvalue weighted by molar-refractivity contribution is 7.89. The van der Waals surface area contributed by atoms with E-state index in [2.05, 4.69) is 15.0 Å². The zero-order chi connectivity index (χ0) is 25.2. The molecule has 0 radical (unpaired) electrons. The molecule has 0 saturated heterocycles. The van der Waals surface area contributed by atoms with Crippen LogP contribution in [0.5, 0.6) is 0 Å². The summed E-state index contributed by atoms with van der Waals surface area (Å²) in [6, 6.07) is 16.3. The maximum absolute atomic E-state index is 13.4. The molecule has 2 heterocycles. The SMILES string of the molecule is CC(=O)N1c2ccc(S(=O)(=O)N[C@H](Cc3ccccc3)C(=O)Nc3cc(C)ccn3)cc2C[C@@H]1C. The number of aromatic nitrogens is 1. The van der Waals surface area contributed by atoms with Gasteiger partial charge < -0.3 is 10.2 Å². The number of amides is 2. The maximum Gasteiger partial charge on any atom is 0.244 e. The Morgan fingerprint density at radius 3 is 2.54 bits per heavy atom. The van der Waals surface area contributed by atoms with Crippen molar-refractivity contribution in [2.45, 2.75) is 50.6 Å². The minimum atomic E-state index is -4.04. The smallest absolute Gasteiger partial charge is 0.244 e. The van der Waals surface area contributed by atoms with Gasteiger partial charge in [0.05, 0.1) is 4.90 Å². The molecule has 1 aliphatic heterocycles. The molecule has 0 aliphatic carbocycles. The van der Waals surface area contributed by atoms with Crippen molar-refractivity contribution < 1.29 is 18.0 Å². The molecule has 2 aromatic carbocycles. The van der Waals surface area contributed by atoms with Gasteiger partial charge in [-0.3, -0.25) is 9.59 Å². The van der Waals surface area contributed by atoms with E-state index in [0.717, 1.165) is 16.7 Å². The van der Waals surface area contributed by atoms with Crippen LogP contribution in [0.1, 0.15) is 30.5 Å². The highest BCUT2D eigenvalue weighted by Gasteiger charge is 2.32. The molecule has 0 bridgehead atoms. The van der Waals surface area contributed by atoms with E-state index in [9.17, 15) is 18.0 Å². The van der Waals surface area contributed by atoms with E-state index in [-0.39, 0.29) is 23.3 Å². The van der Waals surface area contributed by atoms with Crippen molar-refractivity contribution in [3.8, 4) is 0 Å². The third kappa shape index (κ3) is 5.58. The van der Waals surface area contributed by atoms with E-state index in [0.29, 0.717) is 17.9 Å². The molecule has 1 aliphatic rings. The summed E-state index contributed by atoms with van der Waals surface area (Å²) in [5, 5.41) is 2.72. The Balaban J connectivity index is 1.61. The van der Waals surface area contributed by atoms with Crippen LogP contribution in [0.25, 0.3) is 0 Å². The topological polar surface area (TPSA) is 108 Å². The van der Waals surface area contributed by atoms with Gasteiger partial charge in [-0.25, -0.2) is 13.4 Å². The molecule has 3 aromatic rings. The van der Waals surface area contributed by atoms with Crippen molar-refractivity contribution in [2.24, 2.45) is 0 Å². The molecule has 8 nitrogen and oxygen atoms in total. The van der Waals surface area contributed by atoms with E-state index in [1.807, 2.05) is 50.2 Å². The zero-order valence-electron chi connectivity index (χ0n) is 19.9. The Bertz CT molecular complexity index is 1360. The molecule has 0 fully saturated rings. The van der Waals surface area contributed by atoms with Crippen LogP contribution in [0.4, 0.5) is 11.5 Å². The van der Waals surface area contributed by atoms with Crippen molar-refractivity contribution in [3.63, 3.8) is 0 Å². The number of hydrogen-bond acceptors (Lipinski definition) is 5. The zero-order valence-corrected chi connectivity index (χ0v) is 20.7. The lowest BCUT2D eigenvalue weighted by atomic mass is 10.1. The van der Waals surface area contributed by atoms with Gasteiger partial charge in [0.25, 0.3) is 0 Å². The van der Waals surface area contributed by atoms with Crippen LogP contribution >= 0.6 is 0 Å². The lowest BCUT2D eigenvalue weighted by Gasteiger charge is -2.21. The molecule has 2 atom stereocenters. The van der Waals surface area contributed by atoms with Crippen LogP contribution in [0.15, 0.2) is 71.8 Å². The number of anilines is 2. The Labute approximate surface area is 205 Å². The van der Waals surface area contributed by atoms with Gasteiger partial charge in [-0.05, 0) is 73.7 Å². The summed E-state index contributed by atoms with van der Waals surface area (Å²) in [5.41, 5.74) is 3.23. The average Bonchev–Trinajstić information content (AvgIpc) is 3.14. The van der Waals surface area contributed by atoms with E-state index < -0.39 is 22.0 Å². The number of hydrogen-bond donors (Lipinski definition) is 2. The van der Waals surface area contributed by atoms with Crippen molar-refractivity contribution in [2.75, 3.05) is 10.2 Å². The van der Waals surface area contributed by atoms with Gasteiger partial charge in [-0.1, -0.05) is 30.3 Å². The molecule has 9 heteroatoms. The molecule has 4 rings (SSSR count). The number of carbonyl (C=O) groups is 2. The number of aryl methyl sites for hydroxylation is 1. The monoisotopic (exact) mass is 492 g/mol. The van der Waals surface area contributed by atoms with Crippen LogP contribution in [0.2, 0.25) is 0 Å². The van der Waals surface area contributed by atoms with E-state index in [1.165, 1.54) is 13.0 Å². The van der Waals surface area contributed by atoms with Gasteiger partial charge in [-0.15, -0.1) is 0 Å². The first-order valence-electron chi connectivity index (χ1n) is 11.4. The summed E-state index contributed by atoms with van der Waals surface area (Å²) in [7, 11) is -4.04. The first kappa shape index (κ1) is 24.6. The minimum Gasteiger partial charge on any atom is -0.309 e. The fourth-order valence-electron chi connectivity index (χ4n) is 4.37. The normalized spacial score (nSPS) is 16.0. The van der Waals surface area contributed by atoms with Crippen molar-refractivity contribution in [1.82, 2.24) is 9.71 Å². The quantitative estimate of drug-likeness (QED) is 0.527. The number of benzene rings is 2. The predicted octanol–water partition coefficient (Wildman–Crippen LogP) is 3.22. The third-order valence-corrected chi connectivity index (χ3v) is 7.45. The summed E-state index contributed by atoms with van der Waals surface area (Å²) in [4.78, 5) is 31.0. The van der Waals surface area contributed by atoms with Crippen molar-refractivity contribution in [3.05, 3.63) is 83.6 Å². The summed E-state index contributed by atoms with van der Waals surface area (Å²) in [6.07, 6.45) is 2.31. The Hall–Kier alpha value is -3.56. The number of nitrogens with zero attached hydrogens (tertiary/aromatic N) is 2. The van der Waals surface area contributed by atoms with Gasteiger partial charge in [0.15, 0.2) is 0 Å². The molecule has 2 amide bonds. The molecule has 1 aromatic heterocycles. The number of carbonyl (C=O) groups excluding carboxylic acids is 2. The summed E-state index contributed by atoms with van der Waals surface area (Å²) in [6.45, 7) is 5.30. The number of rotatable bonds is 7. The second kappa shape index (κ2) is 9.97.